The van der Waals surface area contributed by atoms with Gasteiger partial charge in [-0.1, -0.05) is 18.2 Å². The van der Waals surface area contributed by atoms with E-state index in [1.54, 1.807) is 36.7 Å². The minimum absolute atomic E-state index is 0.105. The van der Waals surface area contributed by atoms with Crippen LogP contribution in [0.5, 0.6) is 5.88 Å². The highest BCUT2D eigenvalue weighted by Gasteiger charge is 2.52. The smallest absolute Gasteiger partial charge is 0.410 e. The largest absolute Gasteiger partial charge is 0.481 e. The number of nitrogens with zero attached hydrogens (tertiary/aromatic N) is 4. The second-order valence-corrected chi connectivity index (χ2v) is 9.87. The minimum atomic E-state index is -4.91. The topological polar surface area (TPSA) is 62.1 Å². The Labute approximate surface area is 223 Å². The Morgan fingerprint density at radius 3 is 2.64 bits per heavy atom. The van der Waals surface area contributed by atoms with Crippen molar-refractivity contribution in [1.29, 1.82) is 0 Å². The first-order chi connectivity index (χ1) is 18.3. The summed E-state index contributed by atoms with van der Waals surface area (Å²) in [5.74, 6) is -2.70. The molecule has 3 heterocycles. The molecule has 1 aliphatic rings. The molecule has 3 atom stereocenters. The van der Waals surface area contributed by atoms with E-state index in [4.69, 9.17) is 4.74 Å². The van der Waals surface area contributed by atoms with E-state index >= 15 is 0 Å². The van der Waals surface area contributed by atoms with Crippen LogP contribution in [0.1, 0.15) is 38.3 Å². The fourth-order valence-electron chi connectivity index (χ4n) is 5.12. The van der Waals surface area contributed by atoms with Crippen LogP contribution in [0.4, 0.5) is 26.7 Å². The summed E-state index contributed by atoms with van der Waals surface area (Å²) in [4.78, 5) is 15.7. The Kier molecular flexibility index (Phi) is 8.06. The van der Waals surface area contributed by atoms with Crippen LogP contribution in [0.3, 0.4) is 0 Å². The number of carbonyl (C=O) groups excluding carboxylic acids is 1. The van der Waals surface area contributed by atoms with E-state index in [9.17, 15) is 26.7 Å². The Balaban J connectivity index is 1.58. The second kappa shape index (κ2) is 11.0. The monoisotopic (exact) mass is 553 g/mol. The standard InChI is InChI=1S/C27H32F5N5O2/c1-5-36(25(38)34-24(27(30,31)32)22-16-26(28,29)10-12-35(22)3)17(2)18-7-6-8-19(13-18)20-14-21-9-11-33-37(21)23(15-20)39-4/h6-9,11,13-15,17,22,24H,5,10,12,16H2,1-4H3,(H,34,38)/t17-,22?,24?/m1/s1. The number of hydrogen-bond donors (Lipinski definition) is 1. The van der Waals surface area contributed by atoms with Crippen molar-refractivity contribution in [1.82, 2.24) is 24.7 Å². The molecule has 2 amide bonds. The summed E-state index contributed by atoms with van der Waals surface area (Å²) >= 11 is 0. The van der Waals surface area contributed by atoms with Crippen molar-refractivity contribution in [3.8, 4) is 17.0 Å². The van der Waals surface area contributed by atoms with Gasteiger partial charge in [-0.15, -0.1) is 0 Å². The Morgan fingerprint density at radius 1 is 1.23 bits per heavy atom. The van der Waals surface area contributed by atoms with Gasteiger partial charge in [-0.3, -0.25) is 0 Å². The van der Waals surface area contributed by atoms with Gasteiger partial charge in [-0.25, -0.2) is 18.1 Å². The van der Waals surface area contributed by atoms with Crippen molar-refractivity contribution in [2.24, 2.45) is 0 Å². The molecule has 12 heteroatoms. The van der Waals surface area contributed by atoms with Crippen molar-refractivity contribution >= 4 is 11.5 Å². The molecule has 0 aliphatic carbocycles. The maximum absolute atomic E-state index is 14.1. The first kappa shape index (κ1) is 28.6. The summed E-state index contributed by atoms with van der Waals surface area (Å²) in [6, 6.07) is 7.31. The molecule has 1 fully saturated rings. The third-order valence-corrected chi connectivity index (χ3v) is 7.36. The zero-order valence-corrected chi connectivity index (χ0v) is 22.2. The Bertz CT molecular complexity index is 1310. The van der Waals surface area contributed by atoms with Gasteiger partial charge in [-0.05, 0) is 55.8 Å². The first-order valence-corrected chi connectivity index (χ1v) is 12.7. The molecule has 4 rings (SSSR count). The molecule has 0 saturated carbocycles. The maximum Gasteiger partial charge on any atom is 0.410 e. The number of urea groups is 1. The molecule has 7 nitrogen and oxygen atoms in total. The summed E-state index contributed by atoms with van der Waals surface area (Å²) in [5.41, 5.74) is 3.16. The number of ether oxygens (including phenoxy) is 1. The SMILES string of the molecule is CCN(C(=O)NC(C1CC(F)(F)CCN1C)C(F)(F)F)[C@H](C)c1cccc(-c2cc(OC)n3nccc3c2)c1. The Hall–Kier alpha value is -3.41. The van der Waals surface area contributed by atoms with Crippen molar-refractivity contribution in [3.63, 3.8) is 0 Å². The normalized spacial score (nSPS) is 19.5. The number of hydrogen-bond acceptors (Lipinski definition) is 4. The van der Waals surface area contributed by atoms with E-state index in [-0.39, 0.29) is 13.1 Å². The molecule has 1 saturated heterocycles. The molecule has 1 aromatic carbocycles. The number of nitrogens with one attached hydrogen (secondary N) is 1. The van der Waals surface area contributed by atoms with Gasteiger partial charge in [0.2, 0.25) is 5.88 Å². The number of carbonyl (C=O) groups is 1. The minimum Gasteiger partial charge on any atom is -0.481 e. The van der Waals surface area contributed by atoms with Crippen LogP contribution in [-0.2, 0) is 0 Å². The fraction of sp³-hybridized carbons (Fsp3) is 0.481. The first-order valence-electron chi connectivity index (χ1n) is 12.7. The molecule has 0 radical (unpaired) electrons. The number of amides is 2. The van der Waals surface area contributed by atoms with E-state index in [2.05, 4.69) is 5.10 Å². The molecule has 1 N–H and O–H groups in total. The highest BCUT2D eigenvalue weighted by Crippen LogP contribution is 2.37. The van der Waals surface area contributed by atoms with E-state index in [0.717, 1.165) is 16.6 Å². The zero-order chi connectivity index (χ0) is 28.5. The number of benzene rings is 1. The van der Waals surface area contributed by atoms with Crippen LogP contribution in [-0.4, -0.2) is 76.9 Å². The number of fused-ring (bicyclic) bond motifs is 1. The molecular formula is C27H32F5N5O2. The molecule has 212 valence electrons. The van der Waals surface area contributed by atoms with Crippen molar-refractivity contribution < 1.29 is 31.5 Å². The van der Waals surface area contributed by atoms with Crippen LogP contribution >= 0.6 is 0 Å². The second-order valence-electron chi connectivity index (χ2n) is 9.87. The lowest BCUT2D eigenvalue weighted by molar-refractivity contribution is -0.182. The predicted octanol–water partition coefficient (Wildman–Crippen LogP) is 5.76. The number of pyridine rings is 1. The predicted molar refractivity (Wildman–Crippen MR) is 137 cm³/mol. The summed E-state index contributed by atoms with van der Waals surface area (Å²) in [6.45, 7) is 3.28. The van der Waals surface area contributed by atoms with E-state index < -0.39 is 49.1 Å². The molecule has 2 unspecified atom stereocenters. The van der Waals surface area contributed by atoms with Crippen molar-refractivity contribution in [2.75, 3.05) is 27.2 Å². The quantitative estimate of drug-likeness (QED) is 0.378. The highest BCUT2D eigenvalue weighted by atomic mass is 19.4. The molecular weight excluding hydrogens is 521 g/mol. The number of methoxy groups -OCH3 is 1. The summed E-state index contributed by atoms with van der Waals surface area (Å²) < 4.78 is 77.3. The molecule has 0 spiro atoms. The average molecular weight is 554 g/mol. The number of halogens is 5. The fourth-order valence-corrected chi connectivity index (χ4v) is 5.12. The number of likely N-dealkylation sites (N-methyl/N-ethyl adjacent to an activating group) is 1. The van der Waals surface area contributed by atoms with Gasteiger partial charge in [0.05, 0.1) is 24.9 Å². The lowest BCUT2D eigenvalue weighted by atomic mass is 9.93. The summed E-state index contributed by atoms with van der Waals surface area (Å²) in [6.07, 6.45) is -4.76. The van der Waals surface area contributed by atoms with Crippen LogP contribution < -0.4 is 10.1 Å². The molecule has 0 bridgehead atoms. The van der Waals surface area contributed by atoms with Crippen LogP contribution in [0.2, 0.25) is 0 Å². The van der Waals surface area contributed by atoms with Gasteiger partial charge in [-0.2, -0.15) is 18.3 Å². The number of piperidine rings is 1. The lowest BCUT2D eigenvalue weighted by Crippen LogP contribution is -2.63. The Morgan fingerprint density at radius 2 is 1.97 bits per heavy atom. The molecule has 3 aromatic rings. The molecule has 1 aliphatic heterocycles. The number of alkyl halides is 5. The van der Waals surface area contributed by atoms with E-state index in [1.807, 2.05) is 35.6 Å². The summed E-state index contributed by atoms with van der Waals surface area (Å²) in [5, 5.41) is 6.26. The third-order valence-electron chi connectivity index (χ3n) is 7.36. The molecule has 39 heavy (non-hydrogen) atoms. The van der Waals surface area contributed by atoms with Crippen LogP contribution in [0.15, 0.2) is 48.7 Å². The van der Waals surface area contributed by atoms with E-state index in [0.29, 0.717) is 11.4 Å². The molecule has 2 aromatic heterocycles. The van der Waals surface area contributed by atoms with Gasteiger partial charge in [0.15, 0.2) is 0 Å². The average Bonchev–Trinajstić information content (AvgIpc) is 3.37. The highest BCUT2D eigenvalue weighted by molar-refractivity contribution is 5.76. The van der Waals surface area contributed by atoms with Gasteiger partial charge >= 0.3 is 12.2 Å². The van der Waals surface area contributed by atoms with Gasteiger partial charge in [0.1, 0.15) is 6.04 Å². The maximum atomic E-state index is 14.1. The third kappa shape index (κ3) is 6.10. The van der Waals surface area contributed by atoms with Crippen molar-refractivity contribution in [2.45, 2.75) is 56.9 Å². The van der Waals surface area contributed by atoms with Gasteiger partial charge < -0.3 is 19.9 Å². The van der Waals surface area contributed by atoms with Gasteiger partial charge in [0, 0.05) is 38.0 Å². The number of likely N-dealkylation sites (tertiary alicyclic amines) is 1. The van der Waals surface area contributed by atoms with Crippen LogP contribution in [0.25, 0.3) is 16.6 Å². The summed E-state index contributed by atoms with van der Waals surface area (Å²) in [7, 11) is 2.91. The van der Waals surface area contributed by atoms with Crippen molar-refractivity contribution in [3.05, 3.63) is 54.2 Å². The number of rotatable bonds is 7. The zero-order valence-electron chi connectivity index (χ0n) is 22.2. The van der Waals surface area contributed by atoms with E-state index in [1.165, 1.54) is 24.0 Å². The van der Waals surface area contributed by atoms with Gasteiger partial charge in [0.25, 0.3) is 5.92 Å². The number of aromatic nitrogens is 2. The lowest BCUT2D eigenvalue weighted by Gasteiger charge is -2.42. The van der Waals surface area contributed by atoms with Crippen LogP contribution in [0, 0.1) is 0 Å².